The maximum atomic E-state index is 12.3. The van der Waals surface area contributed by atoms with Crippen LogP contribution in [0.3, 0.4) is 0 Å². The van der Waals surface area contributed by atoms with Crippen molar-refractivity contribution >= 4 is 11.9 Å². The topological polar surface area (TPSA) is 95.1 Å². The summed E-state index contributed by atoms with van der Waals surface area (Å²) in [5.41, 5.74) is 1.13. The third-order valence-corrected chi connectivity index (χ3v) is 3.35. The van der Waals surface area contributed by atoms with Crippen LogP contribution in [0.5, 0.6) is 5.75 Å². The van der Waals surface area contributed by atoms with Crippen LogP contribution < -0.4 is 10.1 Å². The van der Waals surface area contributed by atoms with E-state index in [1.165, 1.54) is 0 Å². The predicted molar refractivity (Wildman–Crippen MR) is 86.9 cm³/mol. The number of carbonyl (C=O) groups excluding carboxylic acids is 1. The van der Waals surface area contributed by atoms with Gasteiger partial charge in [-0.2, -0.15) is 5.10 Å². The molecule has 0 spiro atoms. The van der Waals surface area contributed by atoms with E-state index in [2.05, 4.69) is 20.6 Å². The molecular weight excluding hydrogens is 310 g/mol. The van der Waals surface area contributed by atoms with Crippen molar-refractivity contribution in [1.82, 2.24) is 20.0 Å². The molecule has 0 fully saturated rings. The van der Waals surface area contributed by atoms with E-state index in [0.717, 1.165) is 0 Å². The van der Waals surface area contributed by atoms with Gasteiger partial charge in [-0.05, 0) is 38.1 Å². The predicted octanol–water partition coefficient (Wildman–Crippen LogP) is 2.77. The maximum absolute atomic E-state index is 12.3. The van der Waals surface area contributed by atoms with Gasteiger partial charge in [-0.15, -0.1) is 5.10 Å². The minimum absolute atomic E-state index is 0.0225. The van der Waals surface area contributed by atoms with Crippen molar-refractivity contribution in [2.75, 3.05) is 12.4 Å². The Labute approximate surface area is 138 Å². The fraction of sp³-hybridized carbons (Fsp3) is 0.250. The molecule has 0 radical (unpaired) electrons. The average Bonchev–Trinajstić information content (AvgIpc) is 3.24. The van der Waals surface area contributed by atoms with E-state index in [0.29, 0.717) is 22.9 Å². The molecule has 2 heterocycles. The van der Waals surface area contributed by atoms with E-state index in [-0.39, 0.29) is 18.0 Å². The van der Waals surface area contributed by atoms with E-state index < -0.39 is 0 Å². The first-order valence-corrected chi connectivity index (χ1v) is 7.41. The van der Waals surface area contributed by atoms with Gasteiger partial charge < -0.3 is 9.15 Å². The number of anilines is 1. The van der Waals surface area contributed by atoms with Crippen LogP contribution in [0, 0.1) is 0 Å². The van der Waals surface area contributed by atoms with Gasteiger partial charge in [0, 0.05) is 17.8 Å². The van der Waals surface area contributed by atoms with Crippen LogP contribution in [0.25, 0.3) is 11.5 Å². The summed E-state index contributed by atoms with van der Waals surface area (Å²) in [4.78, 5) is 12.3. The third-order valence-electron chi connectivity index (χ3n) is 3.35. The zero-order valence-corrected chi connectivity index (χ0v) is 13.6. The lowest BCUT2D eigenvalue weighted by Crippen LogP contribution is -2.19. The molecule has 0 aliphatic carbocycles. The van der Waals surface area contributed by atoms with E-state index >= 15 is 0 Å². The molecular formula is C16H17N5O3. The van der Waals surface area contributed by atoms with E-state index in [1.807, 2.05) is 32.0 Å². The summed E-state index contributed by atoms with van der Waals surface area (Å²) in [5, 5.41) is 14.5. The number of nitrogens with zero attached hydrogens (tertiary/aromatic N) is 4. The van der Waals surface area contributed by atoms with Crippen LogP contribution in [0.4, 0.5) is 6.01 Å². The van der Waals surface area contributed by atoms with Gasteiger partial charge in [0.05, 0.1) is 7.11 Å². The van der Waals surface area contributed by atoms with Crippen LogP contribution in [0.2, 0.25) is 0 Å². The Morgan fingerprint density at radius 2 is 2.12 bits per heavy atom. The average molecular weight is 327 g/mol. The first-order valence-electron chi connectivity index (χ1n) is 7.41. The smallest absolute Gasteiger partial charge is 0.322 e. The molecule has 3 rings (SSSR count). The first-order chi connectivity index (χ1) is 11.6. The highest BCUT2D eigenvalue weighted by molar-refractivity contribution is 6.01. The van der Waals surface area contributed by atoms with Crippen molar-refractivity contribution in [1.29, 1.82) is 0 Å². The standard InChI is InChI=1S/C16H17N5O3/c1-10(2)21-13(7-8-17-21)14(22)18-16-20-19-15(24-16)11-5-4-6-12(9-11)23-3/h4-10H,1-3H3,(H,18,20,22). The van der Waals surface area contributed by atoms with Gasteiger partial charge in [0.15, 0.2) is 0 Å². The molecule has 0 atom stereocenters. The number of ether oxygens (including phenoxy) is 1. The summed E-state index contributed by atoms with van der Waals surface area (Å²) in [7, 11) is 1.58. The van der Waals surface area contributed by atoms with Gasteiger partial charge in [0.25, 0.3) is 5.91 Å². The second kappa shape index (κ2) is 6.53. The molecule has 2 aromatic heterocycles. The van der Waals surface area contributed by atoms with Crippen molar-refractivity contribution in [3.05, 3.63) is 42.2 Å². The normalized spacial score (nSPS) is 10.8. The number of rotatable bonds is 5. The van der Waals surface area contributed by atoms with Gasteiger partial charge in [0.1, 0.15) is 11.4 Å². The highest BCUT2D eigenvalue weighted by Gasteiger charge is 2.17. The zero-order chi connectivity index (χ0) is 17.1. The summed E-state index contributed by atoms with van der Waals surface area (Å²) < 4.78 is 12.3. The van der Waals surface area contributed by atoms with Gasteiger partial charge in [-0.1, -0.05) is 11.2 Å². The SMILES string of the molecule is COc1cccc(-c2nnc(NC(=O)c3ccnn3C(C)C)o2)c1. The fourth-order valence-corrected chi connectivity index (χ4v) is 2.21. The lowest BCUT2D eigenvalue weighted by molar-refractivity contribution is 0.101. The number of benzene rings is 1. The third kappa shape index (κ3) is 3.12. The Morgan fingerprint density at radius 1 is 1.29 bits per heavy atom. The molecule has 1 N–H and O–H groups in total. The summed E-state index contributed by atoms with van der Waals surface area (Å²) >= 11 is 0. The number of nitrogens with one attached hydrogen (secondary N) is 1. The van der Waals surface area contributed by atoms with Crippen LogP contribution in [-0.4, -0.2) is 33.0 Å². The Hall–Kier alpha value is -3.16. The van der Waals surface area contributed by atoms with Crippen LogP contribution in [0.15, 0.2) is 40.9 Å². The molecule has 0 bridgehead atoms. The number of aromatic nitrogens is 4. The van der Waals surface area contributed by atoms with Gasteiger partial charge in [0.2, 0.25) is 5.89 Å². The van der Waals surface area contributed by atoms with Crippen molar-refractivity contribution in [2.45, 2.75) is 19.9 Å². The summed E-state index contributed by atoms with van der Waals surface area (Å²) in [6, 6.07) is 8.94. The Bertz CT molecular complexity index is 853. The first kappa shape index (κ1) is 15.7. The molecule has 1 amide bonds. The molecule has 0 aliphatic rings. The molecule has 0 unspecified atom stereocenters. The summed E-state index contributed by atoms with van der Waals surface area (Å²) in [5.74, 6) is 0.612. The van der Waals surface area contributed by atoms with Gasteiger partial charge in [-0.3, -0.25) is 14.8 Å². The second-order valence-corrected chi connectivity index (χ2v) is 5.35. The Kier molecular flexibility index (Phi) is 4.28. The Morgan fingerprint density at radius 3 is 2.88 bits per heavy atom. The van der Waals surface area contributed by atoms with Gasteiger partial charge in [-0.25, -0.2) is 0 Å². The highest BCUT2D eigenvalue weighted by Crippen LogP contribution is 2.24. The highest BCUT2D eigenvalue weighted by atomic mass is 16.5. The molecule has 24 heavy (non-hydrogen) atoms. The largest absolute Gasteiger partial charge is 0.497 e. The van der Waals surface area contributed by atoms with Crippen molar-refractivity contribution in [2.24, 2.45) is 0 Å². The number of hydrogen-bond donors (Lipinski definition) is 1. The number of methoxy groups -OCH3 is 1. The van der Waals surface area contributed by atoms with E-state index in [4.69, 9.17) is 9.15 Å². The molecule has 8 nitrogen and oxygen atoms in total. The molecule has 0 saturated heterocycles. The molecule has 3 aromatic rings. The summed E-state index contributed by atoms with van der Waals surface area (Å²) in [6.07, 6.45) is 1.57. The minimum atomic E-state index is -0.359. The molecule has 8 heteroatoms. The number of carbonyl (C=O) groups is 1. The molecule has 0 aliphatic heterocycles. The van der Waals surface area contributed by atoms with Crippen molar-refractivity contribution < 1.29 is 13.9 Å². The lowest BCUT2D eigenvalue weighted by atomic mass is 10.2. The maximum Gasteiger partial charge on any atom is 0.322 e. The quantitative estimate of drug-likeness (QED) is 0.774. The second-order valence-electron chi connectivity index (χ2n) is 5.35. The monoisotopic (exact) mass is 327 g/mol. The minimum Gasteiger partial charge on any atom is -0.497 e. The molecule has 124 valence electrons. The van der Waals surface area contributed by atoms with Crippen molar-refractivity contribution in [3.63, 3.8) is 0 Å². The lowest BCUT2D eigenvalue weighted by Gasteiger charge is -2.09. The molecule has 1 aromatic carbocycles. The molecule has 0 saturated carbocycles. The Balaban J connectivity index is 1.78. The fourth-order valence-electron chi connectivity index (χ4n) is 2.21. The van der Waals surface area contributed by atoms with Crippen molar-refractivity contribution in [3.8, 4) is 17.2 Å². The van der Waals surface area contributed by atoms with Gasteiger partial charge >= 0.3 is 6.01 Å². The number of amides is 1. The van der Waals surface area contributed by atoms with E-state index in [9.17, 15) is 4.79 Å². The zero-order valence-electron chi connectivity index (χ0n) is 13.6. The van der Waals surface area contributed by atoms with E-state index in [1.54, 1.807) is 30.1 Å². The summed E-state index contributed by atoms with van der Waals surface area (Å²) in [6.45, 7) is 3.88. The van der Waals surface area contributed by atoms with Crippen LogP contribution in [-0.2, 0) is 0 Å². The number of hydrogen-bond acceptors (Lipinski definition) is 6. The van der Waals surface area contributed by atoms with Crippen LogP contribution >= 0.6 is 0 Å². The van der Waals surface area contributed by atoms with Crippen LogP contribution in [0.1, 0.15) is 30.4 Å².